The van der Waals surface area contributed by atoms with Crippen LogP contribution in [0.5, 0.6) is 0 Å². The number of aromatic amines is 1. The Morgan fingerprint density at radius 2 is 1.93 bits per heavy atom. The van der Waals surface area contributed by atoms with Gasteiger partial charge in [0.05, 0.1) is 5.69 Å². The standard InChI is InChI=1S/C22H29N5O/c1-5-16-18-21(28)25-19(17-8-6-7-13-23-17)26-27(18)20(24-16)14-9-11-15(12-10-14)22(2,3)4/h6-8,13-15H,5,9-12H2,1-4H3,(H,25,26,28)/t14-,15+. The van der Waals surface area contributed by atoms with Crippen molar-refractivity contribution in [3.8, 4) is 11.5 Å². The van der Waals surface area contributed by atoms with Gasteiger partial charge in [0.1, 0.15) is 11.5 Å². The lowest BCUT2D eigenvalue weighted by Crippen LogP contribution is -2.26. The van der Waals surface area contributed by atoms with Crippen LogP contribution >= 0.6 is 0 Å². The van der Waals surface area contributed by atoms with E-state index in [-0.39, 0.29) is 5.56 Å². The molecule has 0 saturated heterocycles. The van der Waals surface area contributed by atoms with Crippen LogP contribution in [0.4, 0.5) is 0 Å². The van der Waals surface area contributed by atoms with Gasteiger partial charge in [-0.1, -0.05) is 33.8 Å². The van der Waals surface area contributed by atoms with Crippen LogP contribution in [0, 0.1) is 11.3 Å². The quantitative estimate of drug-likeness (QED) is 0.733. The molecular weight excluding hydrogens is 350 g/mol. The van der Waals surface area contributed by atoms with Crippen LogP contribution in [0.2, 0.25) is 0 Å². The maximum Gasteiger partial charge on any atom is 0.277 e. The highest BCUT2D eigenvalue weighted by Gasteiger charge is 2.32. The van der Waals surface area contributed by atoms with E-state index in [1.54, 1.807) is 10.7 Å². The van der Waals surface area contributed by atoms with Gasteiger partial charge in [-0.05, 0) is 55.6 Å². The number of rotatable bonds is 3. The Bertz CT molecular complexity index is 1020. The summed E-state index contributed by atoms with van der Waals surface area (Å²) < 4.78 is 1.80. The SMILES string of the molecule is CCc1nc([C@H]2CC[C@@H](C(C)(C)C)CC2)n2nc(-c3ccccn3)[nH]c(=O)c12. The van der Waals surface area contributed by atoms with Crippen molar-refractivity contribution in [3.05, 3.63) is 46.3 Å². The summed E-state index contributed by atoms with van der Waals surface area (Å²) in [6.45, 7) is 9.03. The summed E-state index contributed by atoms with van der Waals surface area (Å²) in [5.41, 5.74) is 2.27. The third-order valence-corrected chi connectivity index (χ3v) is 6.16. The molecule has 3 aromatic rings. The maximum atomic E-state index is 12.8. The number of aryl methyl sites for hydroxylation is 1. The van der Waals surface area contributed by atoms with Gasteiger partial charge in [0.2, 0.25) is 0 Å². The van der Waals surface area contributed by atoms with Crippen LogP contribution in [-0.4, -0.2) is 24.6 Å². The van der Waals surface area contributed by atoms with Gasteiger partial charge in [-0.2, -0.15) is 0 Å². The molecular formula is C22H29N5O. The lowest BCUT2D eigenvalue weighted by molar-refractivity contribution is 0.167. The van der Waals surface area contributed by atoms with Gasteiger partial charge in [-0.3, -0.25) is 9.78 Å². The minimum atomic E-state index is -0.144. The fourth-order valence-corrected chi connectivity index (χ4v) is 4.44. The van der Waals surface area contributed by atoms with Crippen molar-refractivity contribution < 1.29 is 0 Å². The van der Waals surface area contributed by atoms with Gasteiger partial charge in [-0.25, -0.2) is 9.50 Å². The zero-order valence-electron chi connectivity index (χ0n) is 17.2. The number of pyridine rings is 1. The molecule has 6 heteroatoms. The fourth-order valence-electron chi connectivity index (χ4n) is 4.44. The third kappa shape index (κ3) is 3.36. The van der Waals surface area contributed by atoms with E-state index < -0.39 is 0 Å². The number of nitrogens with one attached hydrogen (secondary N) is 1. The van der Waals surface area contributed by atoms with Crippen LogP contribution in [-0.2, 0) is 6.42 Å². The first-order chi connectivity index (χ1) is 13.4. The van der Waals surface area contributed by atoms with E-state index in [4.69, 9.17) is 10.1 Å². The second-order valence-corrected chi connectivity index (χ2v) is 8.96. The van der Waals surface area contributed by atoms with E-state index in [0.717, 1.165) is 30.3 Å². The van der Waals surface area contributed by atoms with E-state index in [0.29, 0.717) is 34.8 Å². The fraction of sp³-hybridized carbons (Fsp3) is 0.545. The van der Waals surface area contributed by atoms with Crippen LogP contribution in [0.3, 0.4) is 0 Å². The second-order valence-electron chi connectivity index (χ2n) is 8.96. The zero-order chi connectivity index (χ0) is 19.9. The molecule has 28 heavy (non-hydrogen) atoms. The molecule has 0 aliphatic heterocycles. The zero-order valence-corrected chi connectivity index (χ0v) is 17.2. The molecule has 0 spiro atoms. The molecule has 4 rings (SSSR count). The highest BCUT2D eigenvalue weighted by molar-refractivity contribution is 5.55. The molecule has 1 fully saturated rings. The van der Waals surface area contributed by atoms with Crippen LogP contribution in [0.1, 0.15) is 70.8 Å². The first-order valence-electron chi connectivity index (χ1n) is 10.3. The molecule has 1 aliphatic rings. The Hall–Kier alpha value is -2.50. The summed E-state index contributed by atoms with van der Waals surface area (Å²) in [4.78, 5) is 25.0. The van der Waals surface area contributed by atoms with E-state index in [1.165, 1.54) is 12.8 Å². The summed E-state index contributed by atoms with van der Waals surface area (Å²) in [5, 5.41) is 4.75. The molecule has 0 amide bonds. The molecule has 1 N–H and O–H groups in total. The largest absolute Gasteiger partial charge is 0.302 e. The molecule has 3 heterocycles. The van der Waals surface area contributed by atoms with Crippen molar-refractivity contribution in [2.45, 2.75) is 65.7 Å². The maximum absolute atomic E-state index is 12.8. The van der Waals surface area contributed by atoms with Gasteiger partial charge in [0.25, 0.3) is 5.56 Å². The van der Waals surface area contributed by atoms with E-state index in [2.05, 4.69) is 30.7 Å². The average molecular weight is 380 g/mol. The molecule has 3 aromatic heterocycles. The smallest absolute Gasteiger partial charge is 0.277 e. The van der Waals surface area contributed by atoms with Crippen LogP contribution in [0.25, 0.3) is 17.0 Å². The van der Waals surface area contributed by atoms with Gasteiger partial charge in [-0.15, -0.1) is 5.10 Å². The van der Waals surface area contributed by atoms with Crippen molar-refractivity contribution >= 4 is 5.52 Å². The van der Waals surface area contributed by atoms with Gasteiger partial charge >= 0.3 is 0 Å². The predicted molar refractivity (Wildman–Crippen MR) is 110 cm³/mol. The number of aromatic nitrogens is 5. The molecule has 0 radical (unpaired) electrons. The molecule has 6 nitrogen and oxygen atoms in total. The summed E-state index contributed by atoms with van der Waals surface area (Å²) in [5.74, 6) is 2.50. The molecule has 1 saturated carbocycles. The van der Waals surface area contributed by atoms with Crippen LogP contribution in [0.15, 0.2) is 29.2 Å². The molecule has 0 bridgehead atoms. The highest BCUT2D eigenvalue weighted by Crippen LogP contribution is 2.43. The topological polar surface area (TPSA) is 75.9 Å². The number of fused-ring (bicyclic) bond motifs is 1. The van der Waals surface area contributed by atoms with E-state index >= 15 is 0 Å². The summed E-state index contributed by atoms with van der Waals surface area (Å²) in [7, 11) is 0. The van der Waals surface area contributed by atoms with Crippen molar-refractivity contribution in [2.24, 2.45) is 11.3 Å². The second kappa shape index (κ2) is 7.15. The minimum absolute atomic E-state index is 0.144. The Morgan fingerprint density at radius 3 is 2.54 bits per heavy atom. The Morgan fingerprint density at radius 1 is 1.18 bits per heavy atom. The first-order valence-corrected chi connectivity index (χ1v) is 10.3. The lowest BCUT2D eigenvalue weighted by Gasteiger charge is -2.36. The monoisotopic (exact) mass is 379 g/mol. The molecule has 148 valence electrons. The molecule has 0 aromatic carbocycles. The van der Waals surface area contributed by atoms with Gasteiger partial charge < -0.3 is 4.98 Å². The average Bonchev–Trinajstić information content (AvgIpc) is 3.07. The molecule has 0 unspecified atom stereocenters. The summed E-state index contributed by atoms with van der Waals surface area (Å²) in [6, 6.07) is 5.61. The molecule has 0 atom stereocenters. The first kappa shape index (κ1) is 18.8. The normalized spacial score (nSPS) is 20.6. The minimum Gasteiger partial charge on any atom is -0.302 e. The van der Waals surface area contributed by atoms with Crippen molar-refractivity contribution in [2.75, 3.05) is 0 Å². The highest BCUT2D eigenvalue weighted by atomic mass is 16.1. The lowest BCUT2D eigenvalue weighted by atomic mass is 9.70. The molecule has 1 aliphatic carbocycles. The van der Waals surface area contributed by atoms with Gasteiger partial charge in [0, 0.05) is 12.1 Å². The Kier molecular flexibility index (Phi) is 4.81. The third-order valence-electron chi connectivity index (χ3n) is 6.16. The number of H-pyrrole nitrogens is 1. The van der Waals surface area contributed by atoms with Gasteiger partial charge in [0.15, 0.2) is 11.3 Å². The Balaban J connectivity index is 1.77. The number of hydrogen-bond donors (Lipinski definition) is 1. The Labute approximate surface area is 165 Å². The number of hydrogen-bond acceptors (Lipinski definition) is 4. The van der Waals surface area contributed by atoms with Crippen molar-refractivity contribution in [1.82, 2.24) is 24.6 Å². The van der Waals surface area contributed by atoms with E-state index in [9.17, 15) is 4.79 Å². The van der Waals surface area contributed by atoms with Crippen molar-refractivity contribution in [1.29, 1.82) is 0 Å². The predicted octanol–water partition coefficient (Wildman–Crippen LogP) is 4.36. The number of imidazole rings is 1. The number of nitrogens with zero attached hydrogens (tertiary/aromatic N) is 4. The van der Waals surface area contributed by atoms with Crippen molar-refractivity contribution in [3.63, 3.8) is 0 Å². The van der Waals surface area contributed by atoms with Crippen LogP contribution < -0.4 is 5.56 Å². The summed E-state index contributed by atoms with van der Waals surface area (Å²) >= 11 is 0. The van der Waals surface area contributed by atoms with E-state index in [1.807, 2.05) is 25.1 Å². The summed E-state index contributed by atoms with van der Waals surface area (Å²) in [6.07, 6.45) is 7.00.